The van der Waals surface area contributed by atoms with Crippen LogP contribution in [0.25, 0.3) is 0 Å². The Morgan fingerprint density at radius 2 is 2.21 bits per heavy atom. The lowest BCUT2D eigenvalue weighted by molar-refractivity contribution is 0.412. The van der Waals surface area contributed by atoms with Gasteiger partial charge in [0.1, 0.15) is 0 Å². The molecule has 1 fully saturated rings. The largest absolute Gasteiger partial charge is 0.310 e. The van der Waals surface area contributed by atoms with Crippen molar-refractivity contribution in [3.05, 3.63) is 34.3 Å². The van der Waals surface area contributed by atoms with Crippen LogP contribution in [-0.2, 0) is 0 Å². The number of hydrogen-bond donors (Lipinski definition) is 1. The van der Waals surface area contributed by atoms with Gasteiger partial charge in [-0.2, -0.15) is 0 Å². The Morgan fingerprint density at radius 1 is 1.36 bits per heavy atom. The zero-order valence-corrected chi connectivity index (χ0v) is 9.27. The quantitative estimate of drug-likeness (QED) is 0.747. The molecule has 0 aromatic heterocycles. The maximum Gasteiger partial charge on any atom is 0.0435 e. The second-order valence-corrected chi connectivity index (χ2v) is 4.42. The van der Waals surface area contributed by atoms with E-state index in [0.717, 1.165) is 11.6 Å². The summed E-state index contributed by atoms with van der Waals surface area (Å²) in [6.45, 7) is 3.21. The smallest absolute Gasteiger partial charge is 0.0435 e. The number of rotatable bonds is 1. The maximum absolute atomic E-state index is 6.00. The van der Waals surface area contributed by atoms with Crippen LogP contribution in [-0.4, -0.2) is 6.54 Å². The van der Waals surface area contributed by atoms with E-state index in [4.69, 9.17) is 11.6 Å². The molecule has 14 heavy (non-hydrogen) atoms. The SMILES string of the molecule is Cc1cc([C@H]2CCCCN2)ccc1Cl. The van der Waals surface area contributed by atoms with Gasteiger partial charge in [0.15, 0.2) is 0 Å². The Hall–Kier alpha value is -0.530. The molecule has 1 atom stereocenters. The fourth-order valence-electron chi connectivity index (χ4n) is 2.02. The second kappa shape index (κ2) is 4.33. The Kier molecular flexibility index (Phi) is 3.09. The standard InChI is InChI=1S/C12H16ClN/c1-9-8-10(5-6-11(9)13)12-4-2-3-7-14-12/h5-6,8,12,14H,2-4,7H2,1H3/t12-/m1/s1. The van der Waals surface area contributed by atoms with Gasteiger partial charge in [-0.05, 0) is 43.5 Å². The molecule has 1 aliphatic heterocycles. The summed E-state index contributed by atoms with van der Waals surface area (Å²) in [5.74, 6) is 0. The van der Waals surface area contributed by atoms with Crippen LogP contribution < -0.4 is 5.32 Å². The molecule has 1 heterocycles. The summed E-state index contributed by atoms with van der Waals surface area (Å²) < 4.78 is 0. The van der Waals surface area contributed by atoms with Crippen LogP contribution in [0, 0.1) is 6.92 Å². The molecule has 1 aromatic carbocycles. The number of hydrogen-bond acceptors (Lipinski definition) is 1. The van der Waals surface area contributed by atoms with Crippen molar-refractivity contribution in [2.75, 3.05) is 6.54 Å². The molecule has 2 rings (SSSR count). The monoisotopic (exact) mass is 209 g/mol. The summed E-state index contributed by atoms with van der Waals surface area (Å²) >= 11 is 6.00. The van der Waals surface area contributed by atoms with Gasteiger partial charge in [-0.1, -0.05) is 30.2 Å². The average Bonchev–Trinajstić information content (AvgIpc) is 2.23. The Bertz CT molecular complexity index is 316. The summed E-state index contributed by atoms with van der Waals surface area (Å²) in [6, 6.07) is 6.88. The van der Waals surface area contributed by atoms with Crippen LogP contribution in [0.5, 0.6) is 0 Å². The maximum atomic E-state index is 6.00. The topological polar surface area (TPSA) is 12.0 Å². The van der Waals surface area contributed by atoms with Crippen molar-refractivity contribution < 1.29 is 0 Å². The molecule has 2 heteroatoms. The van der Waals surface area contributed by atoms with E-state index in [0.29, 0.717) is 6.04 Å². The minimum Gasteiger partial charge on any atom is -0.310 e. The van der Waals surface area contributed by atoms with E-state index in [1.165, 1.54) is 30.4 Å². The van der Waals surface area contributed by atoms with Crippen molar-refractivity contribution in [1.29, 1.82) is 0 Å². The van der Waals surface area contributed by atoms with E-state index in [9.17, 15) is 0 Å². The van der Waals surface area contributed by atoms with Gasteiger partial charge in [0.2, 0.25) is 0 Å². The first kappa shape index (κ1) is 10.0. The molecule has 1 nitrogen and oxygen atoms in total. The van der Waals surface area contributed by atoms with Crippen molar-refractivity contribution in [1.82, 2.24) is 5.32 Å². The van der Waals surface area contributed by atoms with Crippen LogP contribution in [0.2, 0.25) is 5.02 Å². The van der Waals surface area contributed by atoms with Crippen LogP contribution >= 0.6 is 11.6 Å². The van der Waals surface area contributed by atoms with Crippen molar-refractivity contribution in [2.24, 2.45) is 0 Å². The summed E-state index contributed by atoms with van der Waals surface area (Å²) in [6.07, 6.45) is 3.89. The fourth-order valence-corrected chi connectivity index (χ4v) is 2.14. The van der Waals surface area contributed by atoms with Gasteiger partial charge in [0, 0.05) is 11.1 Å². The second-order valence-electron chi connectivity index (χ2n) is 4.01. The van der Waals surface area contributed by atoms with Gasteiger partial charge in [0.05, 0.1) is 0 Å². The molecular formula is C12H16ClN. The van der Waals surface area contributed by atoms with Gasteiger partial charge in [-0.15, -0.1) is 0 Å². The minimum atomic E-state index is 0.541. The zero-order chi connectivity index (χ0) is 9.97. The van der Waals surface area contributed by atoms with Gasteiger partial charge in [-0.3, -0.25) is 0 Å². The lowest BCUT2D eigenvalue weighted by Gasteiger charge is -2.24. The van der Waals surface area contributed by atoms with Crippen molar-refractivity contribution in [3.8, 4) is 0 Å². The highest BCUT2D eigenvalue weighted by molar-refractivity contribution is 6.31. The molecule has 0 bridgehead atoms. The Balaban J connectivity index is 2.18. The first-order valence-corrected chi connectivity index (χ1v) is 5.64. The van der Waals surface area contributed by atoms with E-state index < -0.39 is 0 Å². The van der Waals surface area contributed by atoms with E-state index >= 15 is 0 Å². The predicted octanol–water partition coefficient (Wildman–Crippen LogP) is 3.46. The Morgan fingerprint density at radius 3 is 2.86 bits per heavy atom. The normalized spacial score (nSPS) is 22.3. The number of nitrogens with one attached hydrogen (secondary N) is 1. The summed E-state index contributed by atoms with van der Waals surface area (Å²) in [4.78, 5) is 0. The molecule has 0 amide bonds. The van der Waals surface area contributed by atoms with Crippen molar-refractivity contribution >= 4 is 11.6 Å². The van der Waals surface area contributed by atoms with Crippen molar-refractivity contribution in [3.63, 3.8) is 0 Å². The minimum absolute atomic E-state index is 0.541. The third kappa shape index (κ3) is 2.10. The molecule has 1 N–H and O–H groups in total. The highest BCUT2D eigenvalue weighted by Gasteiger charge is 2.14. The molecule has 1 saturated heterocycles. The van der Waals surface area contributed by atoms with Gasteiger partial charge < -0.3 is 5.32 Å². The predicted molar refractivity (Wildman–Crippen MR) is 60.8 cm³/mol. The third-order valence-electron chi connectivity index (χ3n) is 2.89. The van der Waals surface area contributed by atoms with Crippen molar-refractivity contribution in [2.45, 2.75) is 32.2 Å². The zero-order valence-electron chi connectivity index (χ0n) is 8.52. The van der Waals surface area contributed by atoms with E-state index in [1.807, 2.05) is 6.07 Å². The van der Waals surface area contributed by atoms with Crippen LogP contribution in [0.3, 0.4) is 0 Å². The Labute approximate surface area is 90.5 Å². The fraction of sp³-hybridized carbons (Fsp3) is 0.500. The highest BCUT2D eigenvalue weighted by Crippen LogP contribution is 2.26. The molecule has 0 radical (unpaired) electrons. The highest BCUT2D eigenvalue weighted by atomic mass is 35.5. The first-order valence-electron chi connectivity index (χ1n) is 5.27. The van der Waals surface area contributed by atoms with Crippen LogP contribution in [0.4, 0.5) is 0 Å². The first-order chi connectivity index (χ1) is 6.77. The molecular weight excluding hydrogens is 194 g/mol. The van der Waals surface area contributed by atoms with E-state index in [2.05, 4.69) is 24.4 Å². The molecule has 1 aliphatic rings. The number of benzene rings is 1. The van der Waals surface area contributed by atoms with Gasteiger partial charge >= 0.3 is 0 Å². The summed E-state index contributed by atoms with van der Waals surface area (Å²) in [5.41, 5.74) is 2.56. The molecule has 0 spiro atoms. The van der Waals surface area contributed by atoms with Crippen LogP contribution in [0.1, 0.15) is 36.4 Å². The third-order valence-corrected chi connectivity index (χ3v) is 3.32. The molecule has 76 valence electrons. The molecule has 0 saturated carbocycles. The number of aryl methyl sites for hydroxylation is 1. The molecule has 1 aromatic rings. The average molecular weight is 210 g/mol. The van der Waals surface area contributed by atoms with Crippen LogP contribution in [0.15, 0.2) is 18.2 Å². The molecule has 0 aliphatic carbocycles. The van der Waals surface area contributed by atoms with E-state index in [-0.39, 0.29) is 0 Å². The molecule has 0 unspecified atom stereocenters. The van der Waals surface area contributed by atoms with Gasteiger partial charge in [-0.25, -0.2) is 0 Å². The number of halogens is 1. The summed E-state index contributed by atoms with van der Waals surface area (Å²) in [5, 5.41) is 4.40. The number of piperidine rings is 1. The lowest BCUT2D eigenvalue weighted by Crippen LogP contribution is -2.26. The lowest BCUT2D eigenvalue weighted by atomic mass is 9.96. The van der Waals surface area contributed by atoms with E-state index in [1.54, 1.807) is 0 Å². The summed E-state index contributed by atoms with van der Waals surface area (Å²) in [7, 11) is 0. The van der Waals surface area contributed by atoms with Gasteiger partial charge in [0.25, 0.3) is 0 Å².